The van der Waals surface area contributed by atoms with E-state index in [9.17, 15) is 0 Å². The minimum absolute atomic E-state index is 0.551. The van der Waals surface area contributed by atoms with E-state index in [4.69, 9.17) is 27.7 Å². The molecule has 0 fully saturated rings. The highest BCUT2D eigenvalue weighted by Crippen LogP contribution is 2.11. The number of aromatic nitrogens is 1. The second-order valence-electron chi connectivity index (χ2n) is 2.96. The maximum absolute atomic E-state index is 5.71. The van der Waals surface area contributed by atoms with E-state index < -0.39 is 0 Å². The van der Waals surface area contributed by atoms with Gasteiger partial charge in [-0.3, -0.25) is 0 Å². The number of aryl methyl sites for hydroxylation is 2. The summed E-state index contributed by atoms with van der Waals surface area (Å²) in [6.07, 6.45) is 0. The van der Waals surface area contributed by atoms with E-state index >= 15 is 0 Å². The molecule has 0 amide bonds. The van der Waals surface area contributed by atoms with Crippen molar-refractivity contribution in [2.24, 2.45) is 0 Å². The molecule has 3 nitrogen and oxygen atoms in total. The monoisotopic (exact) mass is 234 g/mol. The van der Waals surface area contributed by atoms with Crippen LogP contribution in [0.4, 0.5) is 0 Å². The van der Waals surface area contributed by atoms with Gasteiger partial charge in [0, 0.05) is 29.2 Å². The van der Waals surface area contributed by atoms with Gasteiger partial charge in [0.05, 0.1) is 5.69 Å². The predicted octanol–water partition coefficient (Wildman–Crippen LogP) is 2.70. The molecular formula is C9H12Cl2N2O. The molecule has 0 radical (unpaired) electrons. The van der Waals surface area contributed by atoms with Gasteiger partial charge in [0.25, 0.3) is 0 Å². The van der Waals surface area contributed by atoms with Crippen LogP contribution in [0.2, 0.25) is 0 Å². The molecule has 1 aromatic rings. The second kappa shape index (κ2) is 5.39. The van der Waals surface area contributed by atoms with Gasteiger partial charge in [-0.25, -0.2) is 0 Å². The lowest BCUT2D eigenvalue weighted by atomic mass is 10.2. The number of hydrogen-bond donors (Lipinski definition) is 1. The molecule has 0 bridgehead atoms. The van der Waals surface area contributed by atoms with Gasteiger partial charge < -0.3 is 9.84 Å². The quantitative estimate of drug-likeness (QED) is 0.871. The van der Waals surface area contributed by atoms with Crippen LogP contribution < -0.4 is 5.32 Å². The molecule has 0 saturated heterocycles. The van der Waals surface area contributed by atoms with E-state index in [0.717, 1.165) is 17.0 Å². The van der Waals surface area contributed by atoms with Gasteiger partial charge in [0.2, 0.25) is 0 Å². The summed E-state index contributed by atoms with van der Waals surface area (Å²) in [5, 5.41) is 7.56. The molecule has 0 aliphatic rings. The fourth-order valence-electron chi connectivity index (χ4n) is 1.10. The first-order valence-electron chi connectivity index (χ1n) is 4.22. The molecule has 0 saturated carbocycles. The van der Waals surface area contributed by atoms with E-state index in [1.54, 1.807) is 0 Å². The largest absolute Gasteiger partial charge is 0.361 e. The molecule has 0 atom stereocenters. The Morgan fingerprint density at radius 3 is 2.79 bits per heavy atom. The third-order valence-electron chi connectivity index (χ3n) is 1.90. The van der Waals surface area contributed by atoms with Crippen molar-refractivity contribution in [3.05, 3.63) is 27.6 Å². The van der Waals surface area contributed by atoms with Gasteiger partial charge in [-0.1, -0.05) is 28.4 Å². The van der Waals surface area contributed by atoms with Crippen LogP contribution in [-0.4, -0.2) is 11.7 Å². The van der Waals surface area contributed by atoms with Crippen LogP contribution in [0.3, 0.4) is 0 Å². The Hall–Kier alpha value is -0.510. The average Bonchev–Trinajstić information content (AvgIpc) is 2.48. The Labute approximate surface area is 93.1 Å². The Balaban J connectivity index is 2.46. The van der Waals surface area contributed by atoms with E-state index in [-0.39, 0.29) is 0 Å². The van der Waals surface area contributed by atoms with Gasteiger partial charge in [0.1, 0.15) is 5.76 Å². The van der Waals surface area contributed by atoms with Gasteiger partial charge in [-0.05, 0) is 13.8 Å². The minimum Gasteiger partial charge on any atom is -0.361 e. The molecule has 0 unspecified atom stereocenters. The molecule has 5 heteroatoms. The van der Waals surface area contributed by atoms with Crippen molar-refractivity contribution in [1.29, 1.82) is 0 Å². The second-order valence-corrected chi connectivity index (χ2v) is 3.67. The topological polar surface area (TPSA) is 38.1 Å². The molecule has 0 spiro atoms. The van der Waals surface area contributed by atoms with Crippen molar-refractivity contribution in [2.75, 3.05) is 6.54 Å². The standard InChI is InChI=1S/C9H12Cl2N2O/c1-6-9(7(2)14-13-6)5-12-4-8(11)3-10/h3,12H,4-5H2,1-2H3. The van der Waals surface area contributed by atoms with E-state index in [1.807, 2.05) is 13.8 Å². The van der Waals surface area contributed by atoms with Crippen LogP contribution in [0.25, 0.3) is 0 Å². The van der Waals surface area contributed by atoms with Gasteiger partial charge in [-0.2, -0.15) is 0 Å². The molecule has 78 valence electrons. The highest BCUT2D eigenvalue weighted by atomic mass is 35.5. The molecule has 0 aliphatic carbocycles. The Kier molecular flexibility index (Phi) is 4.45. The Morgan fingerprint density at radius 1 is 1.57 bits per heavy atom. The maximum atomic E-state index is 5.71. The van der Waals surface area contributed by atoms with Crippen LogP contribution in [0, 0.1) is 13.8 Å². The predicted molar refractivity (Wildman–Crippen MR) is 57.5 cm³/mol. The van der Waals surface area contributed by atoms with Gasteiger partial charge >= 0.3 is 0 Å². The molecule has 1 heterocycles. The number of hydrogen-bond acceptors (Lipinski definition) is 3. The summed E-state index contributed by atoms with van der Waals surface area (Å²) in [7, 11) is 0. The number of nitrogens with one attached hydrogen (secondary N) is 1. The summed E-state index contributed by atoms with van der Waals surface area (Å²) in [4.78, 5) is 0. The van der Waals surface area contributed by atoms with Crippen LogP contribution in [0.15, 0.2) is 15.1 Å². The average molecular weight is 235 g/mol. The molecule has 0 aromatic carbocycles. The maximum Gasteiger partial charge on any atom is 0.138 e. The number of halogens is 2. The lowest BCUT2D eigenvalue weighted by Gasteiger charge is -2.02. The third-order valence-corrected chi connectivity index (χ3v) is 2.51. The summed E-state index contributed by atoms with van der Waals surface area (Å²) >= 11 is 11.1. The van der Waals surface area contributed by atoms with Crippen molar-refractivity contribution < 1.29 is 4.52 Å². The fourth-order valence-corrected chi connectivity index (χ4v) is 1.27. The van der Waals surface area contributed by atoms with Gasteiger partial charge in [-0.15, -0.1) is 0 Å². The minimum atomic E-state index is 0.551. The molecule has 0 aliphatic heterocycles. The highest BCUT2D eigenvalue weighted by molar-refractivity contribution is 6.36. The molecule has 1 N–H and O–H groups in total. The lowest BCUT2D eigenvalue weighted by molar-refractivity contribution is 0.392. The zero-order chi connectivity index (χ0) is 10.6. The first kappa shape index (κ1) is 11.6. The number of rotatable bonds is 4. The zero-order valence-corrected chi connectivity index (χ0v) is 9.61. The molecule has 1 aromatic heterocycles. The first-order chi connectivity index (χ1) is 6.65. The van der Waals surface area contributed by atoms with Crippen molar-refractivity contribution in [1.82, 2.24) is 10.5 Å². The summed E-state index contributed by atoms with van der Waals surface area (Å²) in [6, 6.07) is 0. The molecule has 14 heavy (non-hydrogen) atoms. The first-order valence-corrected chi connectivity index (χ1v) is 5.03. The van der Waals surface area contributed by atoms with E-state index in [0.29, 0.717) is 18.1 Å². The smallest absolute Gasteiger partial charge is 0.138 e. The van der Waals surface area contributed by atoms with Crippen molar-refractivity contribution in [3.8, 4) is 0 Å². The third kappa shape index (κ3) is 3.01. The summed E-state index contributed by atoms with van der Waals surface area (Å²) in [5.41, 5.74) is 3.33. The highest BCUT2D eigenvalue weighted by Gasteiger charge is 2.07. The van der Waals surface area contributed by atoms with Gasteiger partial charge in [0.15, 0.2) is 0 Å². The zero-order valence-electron chi connectivity index (χ0n) is 8.10. The van der Waals surface area contributed by atoms with Crippen LogP contribution >= 0.6 is 23.2 Å². The fraction of sp³-hybridized carbons (Fsp3) is 0.444. The van der Waals surface area contributed by atoms with Crippen molar-refractivity contribution >= 4 is 23.2 Å². The van der Waals surface area contributed by atoms with E-state index in [1.165, 1.54) is 5.54 Å². The summed E-state index contributed by atoms with van der Waals surface area (Å²) in [5.74, 6) is 0.834. The van der Waals surface area contributed by atoms with E-state index in [2.05, 4.69) is 10.5 Å². The van der Waals surface area contributed by atoms with Crippen molar-refractivity contribution in [3.63, 3.8) is 0 Å². The van der Waals surface area contributed by atoms with Crippen LogP contribution in [0.5, 0.6) is 0 Å². The molecule has 1 rings (SSSR count). The molecular weight excluding hydrogens is 223 g/mol. The van der Waals surface area contributed by atoms with Crippen LogP contribution in [0.1, 0.15) is 17.0 Å². The summed E-state index contributed by atoms with van der Waals surface area (Å²) < 4.78 is 5.02. The lowest BCUT2D eigenvalue weighted by Crippen LogP contribution is -2.15. The van der Waals surface area contributed by atoms with Crippen LogP contribution in [-0.2, 0) is 6.54 Å². The normalized spacial score (nSPS) is 12.1. The van der Waals surface area contributed by atoms with Crippen molar-refractivity contribution in [2.45, 2.75) is 20.4 Å². The number of nitrogens with zero attached hydrogens (tertiary/aromatic N) is 1. The SMILES string of the molecule is Cc1noc(C)c1CNCC(Cl)=CCl. The Bertz CT molecular complexity index is 314. The Morgan fingerprint density at radius 2 is 2.29 bits per heavy atom. The summed E-state index contributed by atoms with van der Waals surface area (Å²) in [6.45, 7) is 5.03.